The van der Waals surface area contributed by atoms with E-state index in [0.29, 0.717) is 6.42 Å². The molecule has 1 unspecified atom stereocenters. The van der Waals surface area contributed by atoms with Gasteiger partial charge in [-0.05, 0) is 38.0 Å². The maximum absolute atomic E-state index is 10.9. The van der Waals surface area contributed by atoms with Gasteiger partial charge in [0.05, 0.1) is 5.92 Å². The van der Waals surface area contributed by atoms with E-state index < -0.39 is 11.9 Å². The number of carbonyl (C=O) groups is 1. The topological polar surface area (TPSA) is 50.2 Å². The average Bonchev–Trinajstić information content (AvgIpc) is 2.02. The van der Waals surface area contributed by atoms with Crippen molar-refractivity contribution >= 4 is 5.97 Å². The Morgan fingerprint density at radius 2 is 1.93 bits per heavy atom. The fraction of sp³-hybridized carbons (Fsp3) is 0.455. The summed E-state index contributed by atoms with van der Waals surface area (Å²) in [5.74, 6) is -1.17. The number of carboxylic acids is 1. The summed E-state index contributed by atoms with van der Waals surface area (Å²) in [4.78, 5) is 15.2. The highest BCUT2D eigenvalue weighted by Crippen LogP contribution is 2.20. The van der Waals surface area contributed by atoms with Crippen LogP contribution < -0.4 is 0 Å². The van der Waals surface area contributed by atoms with Gasteiger partial charge in [-0.1, -0.05) is 6.92 Å². The van der Waals surface area contributed by atoms with Crippen molar-refractivity contribution in [3.8, 4) is 0 Å². The van der Waals surface area contributed by atoms with Gasteiger partial charge in [-0.2, -0.15) is 0 Å². The third kappa shape index (κ3) is 2.31. The van der Waals surface area contributed by atoms with Gasteiger partial charge < -0.3 is 5.11 Å². The summed E-state index contributed by atoms with van der Waals surface area (Å²) < 4.78 is 0. The van der Waals surface area contributed by atoms with Crippen molar-refractivity contribution in [2.24, 2.45) is 0 Å². The third-order valence-corrected chi connectivity index (χ3v) is 2.21. The number of aryl methyl sites for hydroxylation is 2. The van der Waals surface area contributed by atoms with Gasteiger partial charge in [0.25, 0.3) is 0 Å². The molecule has 0 saturated carbocycles. The van der Waals surface area contributed by atoms with E-state index in [1.165, 1.54) is 0 Å². The number of pyridine rings is 1. The first-order valence-corrected chi connectivity index (χ1v) is 4.72. The normalized spacial score (nSPS) is 12.5. The first-order chi connectivity index (χ1) is 6.54. The number of nitrogens with zero attached hydrogens (tertiary/aromatic N) is 1. The molecular formula is C11H15NO2. The van der Waals surface area contributed by atoms with Crippen LogP contribution in [0.2, 0.25) is 0 Å². The van der Waals surface area contributed by atoms with Crippen molar-refractivity contribution in [2.45, 2.75) is 33.1 Å². The van der Waals surface area contributed by atoms with Gasteiger partial charge in [0.15, 0.2) is 0 Å². The summed E-state index contributed by atoms with van der Waals surface area (Å²) in [6.07, 6.45) is 0.609. The largest absolute Gasteiger partial charge is 0.481 e. The Hall–Kier alpha value is -1.38. The predicted molar refractivity (Wildman–Crippen MR) is 54.4 cm³/mol. The smallest absolute Gasteiger partial charge is 0.310 e. The summed E-state index contributed by atoms with van der Waals surface area (Å²) in [5, 5.41) is 8.99. The lowest BCUT2D eigenvalue weighted by Crippen LogP contribution is -2.11. The predicted octanol–water partition coefficient (Wildman–Crippen LogP) is 2.28. The number of aromatic nitrogens is 1. The molecular weight excluding hydrogens is 178 g/mol. The summed E-state index contributed by atoms with van der Waals surface area (Å²) in [7, 11) is 0. The molecule has 14 heavy (non-hydrogen) atoms. The van der Waals surface area contributed by atoms with Gasteiger partial charge in [-0.25, -0.2) is 0 Å². The number of carboxylic acid groups (broad SMARTS) is 1. The van der Waals surface area contributed by atoms with Gasteiger partial charge in [0, 0.05) is 11.4 Å². The minimum atomic E-state index is -0.766. The van der Waals surface area contributed by atoms with E-state index >= 15 is 0 Å². The van der Waals surface area contributed by atoms with Crippen molar-refractivity contribution < 1.29 is 9.90 Å². The average molecular weight is 193 g/mol. The molecule has 1 N–H and O–H groups in total. The molecule has 0 radical (unpaired) electrons. The Labute approximate surface area is 83.8 Å². The van der Waals surface area contributed by atoms with E-state index in [9.17, 15) is 4.79 Å². The Balaban J connectivity index is 3.10. The van der Waals surface area contributed by atoms with E-state index in [1.807, 2.05) is 32.9 Å². The molecule has 3 nitrogen and oxygen atoms in total. The van der Waals surface area contributed by atoms with Crippen molar-refractivity contribution in [3.05, 3.63) is 29.1 Å². The Kier molecular flexibility index (Phi) is 3.23. The first-order valence-electron chi connectivity index (χ1n) is 4.72. The molecule has 0 bridgehead atoms. The second-order valence-electron chi connectivity index (χ2n) is 3.48. The van der Waals surface area contributed by atoms with Crippen LogP contribution in [0.1, 0.15) is 36.2 Å². The number of rotatable bonds is 3. The van der Waals surface area contributed by atoms with Crippen molar-refractivity contribution in [2.75, 3.05) is 0 Å². The highest BCUT2D eigenvalue weighted by molar-refractivity contribution is 5.76. The zero-order valence-corrected chi connectivity index (χ0v) is 8.74. The highest BCUT2D eigenvalue weighted by Gasteiger charge is 2.17. The lowest BCUT2D eigenvalue weighted by atomic mass is 9.96. The van der Waals surface area contributed by atoms with E-state index in [2.05, 4.69) is 4.98 Å². The van der Waals surface area contributed by atoms with Gasteiger partial charge in [-0.3, -0.25) is 9.78 Å². The summed E-state index contributed by atoms with van der Waals surface area (Å²) in [6, 6.07) is 3.69. The zero-order chi connectivity index (χ0) is 10.7. The van der Waals surface area contributed by atoms with E-state index in [1.54, 1.807) is 0 Å². The molecule has 0 amide bonds. The number of hydrogen-bond donors (Lipinski definition) is 1. The molecule has 0 aliphatic heterocycles. The SMILES string of the molecule is CCC(C(=O)O)c1cc(C)nc(C)c1. The van der Waals surface area contributed by atoms with Gasteiger partial charge >= 0.3 is 5.97 Å². The van der Waals surface area contributed by atoms with Crippen LogP contribution in [0, 0.1) is 13.8 Å². The minimum Gasteiger partial charge on any atom is -0.481 e. The van der Waals surface area contributed by atoms with Gasteiger partial charge in [-0.15, -0.1) is 0 Å². The Morgan fingerprint density at radius 3 is 2.29 bits per heavy atom. The molecule has 1 aromatic rings. The zero-order valence-electron chi connectivity index (χ0n) is 8.74. The van der Waals surface area contributed by atoms with E-state index in [4.69, 9.17) is 5.11 Å². The summed E-state index contributed by atoms with van der Waals surface area (Å²) >= 11 is 0. The third-order valence-electron chi connectivity index (χ3n) is 2.21. The van der Waals surface area contributed by atoms with Crippen LogP contribution in [0.5, 0.6) is 0 Å². The lowest BCUT2D eigenvalue weighted by molar-refractivity contribution is -0.138. The fourth-order valence-electron chi connectivity index (χ4n) is 1.62. The summed E-state index contributed by atoms with van der Waals surface area (Å²) in [5.41, 5.74) is 2.60. The molecule has 76 valence electrons. The standard InChI is InChI=1S/C11H15NO2/c1-4-10(11(13)14)9-5-7(2)12-8(3)6-9/h5-6,10H,4H2,1-3H3,(H,13,14). The monoisotopic (exact) mass is 193 g/mol. The molecule has 0 fully saturated rings. The second-order valence-corrected chi connectivity index (χ2v) is 3.48. The van der Waals surface area contributed by atoms with Crippen LogP contribution in [0.3, 0.4) is 0 Å². The Morgan fingerprint density at radius 1 is 1.43 bits per heavy atom. The highest BCUT2D eigenvalue weighted by atomic mass is 16.4. The van der Waals surface area contributed by atoms with Gasteiger partial charge in [0.2, 0.25) is 0 Å². The molecule has 0 aliphatic rings. The molecule has 0 saturated heterocycles. The Bertz CT molecular complexity index is 327. The lowest BCUT2D eigenvalue weighted by Gasteiger charge is -2.11. The van der Waals surface area contributed by atoms with Crippen molar-refractivity contribution in [1.29, 1.82) is 0 Å². The quantitative estimate of drug-likeness (QED) is 0.801. The van der Waals surface area contributed by atoms with Crippen LogP contribution in [-0.4, -0.2) is 16.1 Å². The molecule has 1 atom stereocenters. The van der Waals surface area contributed by atoms with Crippen molar-refractivity contribution in [3.63, 3.8) is 0 Å². The van der Waals surface area contributed by atoms with Crippen LogP contribution in [-0.2, 0) is 4.79 Å². The second kappa shape index (κ2) is 4.22. The minimum absolute atomic E-state index is 0.407. The molecule has 1 rings (SSSR count). The molecule has 1 heterocycles. The molecule has 3 heteroatoms. The fourth-order valence-corrected chi connectivity index (χ4v) is 1.62. The van der Waals surface area contributed by atoms with Crippen molar-refractivity contribution in [1.82, 2.24) is 4.98 Å². The number of hydrogen-bond acceptors (Lipinski definition) is 2. The maximum atomic E-state index is 10.9. The van der Waals surface area contributed by atoms with Crippen LogP contribution >= 0.6 is 0 Å². The molecule has 0 spiro atoms. The summed E-state index contributed by atoms with van der Waals surface area (Å²) in [6.45, 7) is 5.64. The van der Waals surface area contributed by atoms with Crippen LogP contribution in [0.4, 0.5) is 0 Å². The molecule has 0 aromatic carbocycles. The molecule has 0 aliphatic carbocycles. The van der Waals surface area contributed by atoms with E-state index in [-0.39, 0.29) is 0 Å². The maximum Gasteiger partial charge on any atom is 0.310 e. The number of aliphatic carboxylic acids is 1. The molecule has 1 aromatic heterocycles. The van der Waals surface area contributed by atoms with E-state index in [0.717, 1.165) is 17.0 Å². The van der Waals surface area contributed by atoms with Crippen LogP contribution in [0.15, 0.2) is 12.1 Å². The van der Waals surface area contributed by atoms with Gasteiger partial charge in [0.1, 0.15) is 0 Å². The first kappa shape index (κ1) is 10.7. The van der Waals surface area contributed by atoms with Crippen LogP contribution in [0.25, 0.3) is 0 Å².